The average molecular weight is 379 g/mol. The topological polar surface area (TPSA) is 141 Å². The van der Waals surface area contributed by atoms with E-state index in [1.54, 1.807) is 0 Å². The standard InChI is InChI=1S/C17H17NO7S/c1-6-7(2)15(22)13-12(14(6)21)10(20)4-11(16(13)23)26-5-9(17(24)25)18-8(3)19/h4,9,21-22H,5H2,1-3H3,(H,18,19)(H,24,25)/t9-/m0/s1. The number of carboxylic acid groups (broad SMARTS) is 1. The summed E-state index contributed by atoms with van der Waals surface area (Å²) in [5, 5.41) is 31.8. The molecule has 1 aromatic rings. The highest BCUT2D eigenvalue weighted by Crippen LogP contribution is 2.42. The Morgan fingerprint density at radius 3 is 2.15 bits per heavy atom. The van der Waals surface area contributed by atoms with Gasteiger partial charge in [-0.3, -0.25) is 14.4 Å². The number of phenols is 2. The number of hydrogen-bond donors (Lipinski definition) is 4. The SMILES string of the molecule is CC(=O)N[C@@H](CSC1=CC(=O)c2c(O)c(C)c(C)c(O)c2C1=O)C(=O)O. The zero-order chi connectivity index (χ0) is 19.8. The maximum atomic E-state index is 12.7. The normalized spacial score (nSPS) is 14.5. The first kappa shape index (κ1) is 19.5. The van der Waals surface area contributed by atoms with E-state index in [9.17, 15) is 29.4 Å². The smallest absolute Gasteiger partial charge is 0.327 e. The van der Waals surface area contributed by atoms with Crippen LogP contribution in [0.25, 0.3) is 0 Å². The van der Waals surface area contributed by atoms with Gasteiger partial charge in [-0.2, -0.15) is 0 Å². The van der Waals surface area contributed by atoms with Crippen molar-refractivity contribution < 1.29 is 34.5 Å². The zero-order valence-corrected chi connectivity index (χ0v) is 15.1. The summed E-state index contributed by atoms with van der Waals surface area (Å²) in [6.07, 6.45) is 0.996. The number of aliphatic carboxylic acids is 1. The molecule has 1 aliphatic rings. The third-order valence-electron chi connectivity index (χ3n) is 4.04. The molecule has 1 atom stereocenters. The van der Waals surface area contributed by atoms with Crippen LogP contribution in [0.1, 0.15) is 38.8 Å². The van der Waals surface area contributed by atoms with E-state index in [4.69, 9.17) is 5.11 Å². The van der Waals surface area contributed by atoms with Crippen molar-refractivity contribution >= 4 is 35.2 Å². The molecule has 8 nitrogen and oxygen atoms in total. The molecule has 1 aromatic carbocycles. The molecule has 0 spiro atoms. The number of phenolic OH excluding ortho intramolecular Hbond substituents is 2. The van der Waals surface area contributed by atoms with Crippen LogP contribution in [0.15, 0.2) is 11.0 Å². The van der Waals surface area contributed by atoms with Crippen molar-refractivity contribution in [1.29, 1.82) is 0 Å². The third kappa shape index (κ3) is 3.43. The molecule has 1 aliphatic carbocycles. The Morgan fingerprint density at radius 1 is 1.12 bits per heavy atom. The predicted molar refractivity (Wildman–Crippen MR) is 93.7 cm³/mol. The molecule has 0 heterocycles. The van der Waals surface area contributed by atoms with Crippen LogP contribution >= 0.6 is 11.8 Å². The van der Waals surface area contributed by atoms with Crippen LogP contribution in [-0.4, -0.2) is 50.6 Å². The molecular weight excluding hydrogens is 362 g/mol. The number of ketones is 2. The molecule has 2 rings (SSSR count). The van der Waals surface area contributed by atoms with Crippen LogP contribution < -0.4 is 5.32 Å². The van der Waals surface area contributed by atoms with Crippen molar-refractivity contribution in [3.8, 4) is 11.5 Å². The zero-order valence-electron chi connectivity index (χ0n) is 14.2. The van der Waals surface area contributed by atoms with E-state index in [0.717, 1.165) is 24.8 Å². The van der Waals surface area contributed by atoms with E-state index in [2.05, 4.69) is 5.32 Å². The Hall–Kier alpha value is -2.81. The summed E-state index contributed by atoms with van der Waals surface area (Å²) in [5.41, 5.74) is 0.00223. The van der Waals surface area contributed by atoms with Gasteiger partial charge in [0.05, 0.1) is 16.0 Å². The number of rotatable bonds is 5. The highest BCUT2D eigenvalue weighted by molar-refractivity contribution is 8.04. The number of carboxylic acids is 1. The maximum Gasteiger partial charge on any atom is 0.327 e. The quantitative estimate of drug-likeness (QED) is 0.561. The molecule has 0 radical (unpaired) electrons. The van der Waals surface area contributed by atoms with Gasteiger partial charge in [0.15, 0.2) is 5.78 Å². The lowest BCUT2D eigenvalue weighted by Gasteiger charge is -2.21. The van der Waals surface area contributed by atoms with E-state index in [-0.39, 0.29) is 33.1 Å². The summed E-state index contributed by atoms with van der Waals surface area (Å²) in [6.45, 7) is 4.18. The van der Waals surface area contributed by atoms with Gasteiger partial charge in [-0.25, -0.2) is 4.79 Å². The number of thioether (sulfide) groups is 1. The number of nitrogens with one attached hydrogen (secondary N) is 1. The largest absolute Gasteiger partial charge is 0.507 e. The molecule has 138 valence electrons. The van der Waals surface area contributed by atoms with Gasteiger partial charge < -0.3 is 20.6 Å². The maximum absolute atomic E-state index is 12.7. The van der Waals surface area contributed by atoms with E-state index >= 15 is 0 Å². The minimum absolute atomic E-state index is 0.0722. The second-order valence-corrected chi connectivity index (χ2v) is 6.86. The summed E-state index contributed by atoms with van der Waals surface area (Å²) >= 11 is 0.778. The Morgan fingerprint density at radius 2 is 1.65 bits per heavy atom. The Bertz CT molecular complexity index is 873. The lowest BCUT2D eigenvalue weighted by Crippen LogP contribution is -2.41. The first-order chi connectivity index (χ1) is 12.1. The number of Topliss-reactive ketones (excluding diaryl/α,β-unsaturated/α-hetero) is 1. The summed E-state index contributed by atoms with van der Waals surface area (Å²) in [7, 11) is 0. The molecule has 9 heteroatoms. The molecule has 0 saturated heterocycles. The summed E-state index contributed by atoms with van der Waals surface area (Å²) in [4.78, 5) is 47.1. The van der Waals surface area contributed by atoms with Crippen molar-refractivity contribution in [2.45, 2.75) is 26.8 Å². The van der Waals surface area contributed by atoms with Crippen molar-refractivity contribution in [3.05, 3.63) is 33.2 Å². The molecule has 0 fully saturated rings. The Labute approximate surface area is 152 Å². The van der Waals surface area contributed by atoms with Gasteiger partial charge in [-0.05, 0) is 25.0 Å². The number of allylic oxidation sites excluding steroid dienone is 2. The molecule has 0 aliphatic heterocycles. The number of fused-ring (bicyclic) bond motifs is 1. The minimum Gasteiger partial charge on any atom is -0.507 e. The van der Waals surface area contributed by atoms with E-state index in [1.807, 2.05) is 0 Å². The highest BCUT2D eigenvalue weighted by atomic mass is 32.2. The van der Waals surface area contributed by atoms with Gasteiger partial charge in [0.25, 0.3) is 0 Å². The van der Waals surface area contributed by atoms with Gasteiger partial charge >= 0.3 is 5.97 Å². The second-order valence-electron chi connectivity index (χ2n) is 5.80. The molecule has 0 unspecified atom stereocenters. The van der Waals surface area contributed by atoms with E-state index in [0.29, 0.717) is 5.56 Å². The van der Waals surface area contributed by atoms with Gasteiger partial charge in [0, 0.05) is 18.8 Å². The molecule has 0 saturated carbocycles. The lowest BCUT2D eigenvalue weighted by atomic mass is 9.88. The van der Waals surface area contributed by atoms with Gasteiger partial charge in [0.1, 0.15) is 17.5 Å². The Balaban J connectivity index is 2.37. The predicted octanol–water partition coefficient (Wildman–Crippen LogP) is 1.30. The van der Waals surface area contributed by atoms with Crippen LogP contribution in [0, 0.1) is 13.8 Å². The number of carbonyl (C=O) groups excluding carboxylic acids is 3. The molecule has 0 bridgehead atoms. The first-order valence-electron chi connectivity index (χ1n) is 7.54. The third-order valence-corrected chi connectivity index (χ3v) is 5.15. The number of hydrogen-bond acceptors (Lipinski definition) is 7. The van der Waals surface area contributed by atoms with Crippen LogP contribution in [0.2, 0.25) is 0 Å². The summed E-state index contributed by atoms with van der Waals surface area (Å²) in [5.74, 6) is -4.12. The number of carbonyl (C=O) groups is 4. The fourth-order valence-electron chi connectivity index (χ4n) is 2.51. The second kappa shape index (κ2) is 7.20. The minimum atomic E-state index is -1.28. The molecule has 4 N–H and O–H groups in total. The average Bonchev–Trinajstić information content (AvgIpc) is 2.56. The van der Waals surface area contributed by atoms with Crippen molar-refractivity contribution in [3.63, 3.8) is 0 Å². The van der Waals surface area contributed by atoms with Crippen molar-refractivity contribution in [2.24, 2.45) is 0 Å². The molecule has 1 amide bonds. The Kier molecular flexibility index (Phi) is 5.41. The van der Waals surface area contributed by atoms with Gasteiger partial charge in [-0.15, -0.1) is 11.8 Å². The monoisotopic (exact) mass is 379 g/mol. The van der Waals surface area contributed by atoms with Crippen LogP contribution in [-0.2, 0) is 9.59 Å². The fourth-order valence-corrected chi connectivity index (χ4v) is 3.50. The fraction of sp³-hybridized carbons (Fsp3) is 0.294. The summed E-state index contributed by atoms with van der Waals surface area (Å²) in [6, 6.07) is -1.25. The molecular formula is C17H17NO7S. The van der Waals surface area contributed by atoms with Crippen molar-refractivity contribution in [2.75, 3.05) is 5.75 Å². The highest BCUT2D eigenvalue weighted by Gasteiger charge is 2.34. The van der Waals surface area contributed by atoms with Gasteiger partial charge in [-0.1, -0.05) is 0 Å². The van der Waals surface area contributed by atoms with Crippen LogP contribution in [0.3, 0.4) is 0 Å². The molecule has 0 aromatic heterocycles. The van der Waals surface area contributed by atoms with Crippen LogP contribution in [0.4, 0.5) is 0 Å². The van der Waals surface area contributed by atoms with E-state index in [1.165, 1.54) is 13.8 Å². The van der Waals surface area contributed by atoms with E-state index < -0.39 is 35.2 Å². The van der Waals surface area contributed by atoms with Crippen LogP contribution in [0.5, 0.6) is 11.5 Å². The number of aromatic hydroxyl groups is 2. The first-order valence-corrected chi connectivity index (χ1v) is 8.53. The number of amides is 1. The lowest BCUT2D eigenvalue weighted by molar-refractivity contribution is -0.140. The molecule has 26 heavy (non-hydrogen) atoms. The summed E-state index contributed by atoms with van der Waals surface area (Å²) < 4.78 is 0. The van der Waals surface area contributed by atoms with Crippen molar-refractivity contribution in [1.82, 2.24) is 5.32 Å². The number of benzene rings is 1. The van der Waals surface area contributed by atoms with Gasteiger partial charge in [0.2, 0.25) is 11.7 Å².